The number of hydrogen-bond donors (Lipinski definition) is 2. The summed E-state index contributed by atoms with van der Waals surface area (Å²) in [5.74, 6) is -0.353. The van der Waals surface area contributed by atoms with Crippen molar-refractivity contribution in [2.45, 2.75) is 25.8 Å². The molecule has 168 valence electrons. The molecule has 0 aliphatic carbocycles. The molecule has 0 spiro atoms. The average Bonchev–Trinajstić information content (AvgIpc) is 2.81. The molecule has 0 aromatic heterocycles. The van der Waals surface area contributed by atoms with Crippen molar-refractivity contribution in [3.63, 3.8) is 0 Å². The Labute approximate surface area is 186 Å². The minimum absolute atomic E-state index is 0.122. The van der Waals surface area contributed by atoms with E-state index in [0.29, 0.717) is 17.7 Å². The molecule has 8 nitrogen and oxygen atoms in total. The first-order valence-corrected chi connectivity index (χ1v) is 10.3. The van der Waals surface area contributed by atoms with Gasteiger partial charge in [-0.2, -0.15) is 0 Å². The van der Waals surface area contributed by atoms with Crippen LogP contribution in [0, 0.1) is 0 Å². The molecule has 0 radical (unpaired) electrons. The molecule has 2 aromatic carbocycles. The fourth-order valence-corrected chi connectivity index (χ4v) is 3.45. The zero-order valence-corrected chi connectivity index (χ0v) is 18.1. The minimum Gasteiger partial charge on any atom is -0.496 e. The summed E-state index contributed by atoms with van der Waals surface area (Å²) in [5.41, 5.74) is 2.00. The maximum absolute atomic E-state index is 12.7. The van der Waals surface area contributed by atoms with Crippen LogP contribution in [-0.4, -0.2) is 38.3 Å². The van der Waals surface area contributed by atoms with Gasteiger partial charge in [-0.1, -0.05) is 48.5 Å². The number of nitrogens with one attached hydrogen (secondary N) is 2. The number of methoxy groups -OCH3 is 1. The van der Waals surface area contributed by atoms with Crippen LogP contribution in [0.5, 0.6) is 5.75 Å². The van der Waals surface area contributed by atoms with Crippen molar-refractivity contribution in [3.8, 4) is 5.75 Å². The summed E-state index contributed by atoms with van der Waals surface area (Å²) in [6, 6.07) is 15.3. The third-order valence-electron chi connectivity index (χ3n) is 4.95. The number of carbonyl (C=O) groups excluding carboxylic acids is 3. The summed E-state index contributed by atoms with van der Waals surface area (Å²) in [4.78, 5) is 37.3. The van der Waals surface area contributed by atoms with Crippen molar-refractivity contribution >= 4 is 18.0 Å². The predicted octanol–water partition coefficient (Wildman–Crippen LogP) is 3.04. The van der Waals surface area contributed by atoms with Crippen molar-refractivity contribution in [1.29, 1.82) is 0 Å². The van der Waals surface area contributed by atoms with Crippen LogP contribution < -0.4 is 15.4 Å². The van der Waals surface area contributed by atoms with Crippen molar-refractivity contribution in [3.05, 3.63) is 77.0 Å². The lowest BCUT2D eigenvalue weighted by Crippen LogP contribution is -2.47. The molecule has 0 saturated heterocycles. The van der Waals surface area contributed by atoms with Crippen LogP contribution >= 0.6 is 0 Å². The number of benzene rings is 2. The predicted molar refractivity (Wildman–Crippen MR) is 117 cm³/mol. The van der Waals surface area contributed by atoms with Crippen molar-refractivity contribution in [2.75, 3.05) is 20.3 Å². The van der Waals surface area contributed by atoms with Gasteiger partial charge >= 0.3 is 18.0 Å². The molecule has 3 rings (SSSR count). The van der Waals surface area contributed by atoms with E-state index in [-0.39, 0.29) is 30.9 Å². The number of carbonyl (C=O) groups is 3. The molecular weight excluding hydrogens is 412 g/mol. The molecule has 1 heterocycles. The average molecular weight is 438 g/mol. The Morgan fingerprint density at radius 1 is 1.00 bits per heavy atom. The maximum atomic E-state index is 12.7. The second-order valence-electron chi connectivity index (χ2n) is 7.03. The highest BCUT2D eigenvalue weighted by Crippen LogP contribution is 2.28. The second-order valence-corrected chi connectivity index (χ2v) is 7.03. The Hall–Kier alpha value is -3.81. The van der Waals surface area contributed by atoms with Crippen LogP contribution in [0.25, 0.3) is 0 Å². The van der Waals surface area contributed by atoms with E-state index < -0.39 is 24.0 Å². The first-order chi connectivity index (χ1) is 15.5. The molecule has 8 heteroatoms. The molecule has 1 aliphatic heterocycles. The fraction of sp³-hybridized carbons (Fsp3) is 0.292. The van der Waals surface area contributed by atoms with Gasteiger partial charge in [-0.3, -0.25) is 4.79 Å². The molecule has 1 unspecified atom stereocenters. The molecular formula is C24H26N2O6. The highest BCUT2D eigenvalue weighted by Gasteiger charge is 2.34. The Morgan fingerprint density at radius 2 is 1.72 bits per heavy atom. The van der Waals surface area contributed by atoms with Gasteiger partial charge in [-0.05, 0) is 30.5 Å². The molecule has 32 heavy (non-hydrogen) atoms. The van der Waals surface area contributed by atoms with Crippen LogP contribution in [0.2, 0.25) is 0 Å². The lowest BCUT2D eigenvalue weighted by Gasteiger charge is -2.29. The summed E-state index contributed by atoms with van der Waals surface area (Å²) >= 11 is 0. The standard InChI is InChI=1S/C24H26N2O6/c1-3-31-23(28)21-18(25-24(29)26-22(21)17-10-5-4-6-11-17)15-32-20(27)14-13-16-9-7-8-12-19(16)30-2/h4-12,22H,3,13-15H2,1-2H3,(H2,25,26,29). The number of esters is 2. The molecule has 2 amide bonds. The third-order valence-corrected chi connectivity index (χ3v) is 4.95. The summed E-state index contributed by atoms with van der Waals surface area (Å²) in [6.45, 7) is 1.61. The highest BCUT2D eigenvalue weighted by molar-refractivity contribution is 5.95. The summed E-state index contributed by atoms with van der Waals surface area (Å²) in [6.07, 6.45) is 0.559. The Bertz CT molecular complexity index is 1000. The lowest BCUT2D eigenvalue weighted by molar-refractivity contribution is -0.143. The summed E-state index contributed by atoms with van der Waals surface area (Å²) in [5, 5.41) is 5.32. The van der Waals surface area contributed by atoms with E-state index >= 15 is 0 Å². The minimum atomic E-state index is -0.716. The van der Waals surface area contributed by atoms with Gasteiger partial charge in [0.15, 0.2) is 0 Å². The monoisotopic (exact) mass is 438 g/mol. The highest BCUT2D eigenvalue weighted by atomic mass is 16.5. The van der Waals surface area contributed by atoms with Crippen LogP contribution in [0.1, 0.15) is 30.5 Å². The molecule has 0 fully saturated rings. The van der Waals surface area contributed by atoms with Gasteiger partial charge in [-0.15, -0.1) is 0 Å². The zero-order valence-electron chi connectivity index (χ0n) is 18.1. The number of amides is 2. The SMILES string of the molecule is CCOC(=O)C1=C(COC(=O)CCc2ccccc2OC)NC(=O)NC1c1ccccc1. The molecule has 0 bridgehead atoms. The van der Waals surface area contributed by atoms with Gasteiger partial charge in [0, 0.05) is 6.42 Å². The van der Waals surface area contributed by atoms with Crippen LogP contribution in [0.4, 0.5) is 4.79 Å². The molecule has 2 aromatic rings. The van der Waals surface area contributed by atoms with Crippen LogP contribution in [0.15, 0.2) is 65.9 Å². The van der Waals surface area contributed by atoms with Gasteiger partial charge in [0.1, 0.15) is 12.4 Å². The number of aryl methyl sites for hydroxylation is 1. The fourth-order valence-electron chi connectivity index (χ4n) is 3.45. The van der Waals surface area contributed by atoms with Gasteiger partial charge in [0.05, 0.1) is 31.0 Å². The van der Waals surface area contributed by atoms with Gasteiger partial charge in [0.25, 0.3) is 0 Å². The molecule has 1 atom stereocenters. The third kappa shape index (κ3) is 5.66. The van der Waals surface area contributed by atoms with Crippen molar-refractivity contribution in [2.24, 2.45) is 0 Å². The normalized spacial score (nSPS) is 15.4. The van der Waals surface area contributed by atoms with E-state index in [1.54, 1.807) is 26.2 Å². The number of hydrogen-bond acceptors (Lipinski definition) is 6. The van der Waals surface area contributed by atoms with E-state index in [1.165, 1.54) is 0 Å². The van der Waals surface area contributed by atoms with Gasteiger partial charge in [0.2, 0.25) is 0 Å². The van der Waals surface area contributed by atoms with E-state index in [2.05, 4.69) is 10.6 Å². The summed E-state index contributed by atoms with van der Waals surface area (Å²) in [7, 11) is 1.57. The first kappa shape index (κ1) is 22.9. The van der Waals surface area contributed by atoms with Crippen molar-refractivity contribution in [1.82, 2.24) is 10.6 Å². The van der Waals surface area contributed by atoms with E-state index in [0.717, 1.165) is 5.56 Å². The lowest BCUT2D eigenvalue weighted by atomic mass is 9.95. The topological polar surface area (TPSA) is 103 Å². The quantitative estimate of drug-likeness (QED) is 0.584. The van der Waals surface area contributed by atoms with E-state index in [9.17, 15) is 14.4 Å². The van der Waals surface area contributed by atoms with Gasteiger partial charge in [-0.25, -0.2) is 9.59 Å². The van der Waals surface area contributed by atoms with E-state index in [1.807, 2.05) is 42.5 Å². The maximum Gasteiger partial charge on any atom is 0.338 e. The largest absolute Gasteiger partial charge is 0.496 e. The number of para-hydroxylation sites is 1. The Balaban J connectivity index is 1.75. The molecule has 2 N–H and O–H groups in total. The smallest absolute Gasteiger partial charge is 0.338 e. The Kier molecular flexibility index (Phi) is 7.85. The number of urea groups is 1. The molecule has 1 aliphatic rings. The first-order valence-electron chi connectivity index (χ1n) is 10.3. The summed E-state index contributed by atoms with van der Waals surface area (Å²) < 4.78 is 15.9. The molecule has 0 saturated carbocycles. The number of ether oxygens (including phenoxy) is 3. The van der Waals surface area contributed by atoms with Crippen LogP contribution in [-0.2, 0) is 25.5 Å². The van der Waals surface area contributed by atoms with Crippen LogP contribution in [0.3, 0.4) is 0 Å². The zero-order chi connectivity index (χ0) is 22.9. The van der Waals surface area contributed by atoms with Crippen molar-refractivity contribution < 1.29 is 28.6 Å². The van der Waals surface area contributed by atoms with E-state index in [4.69, 9.17) is 14.2 Å². The number of rotatable bonds is 9. The Morgan fingerprint density at radius 3 is 2.44 bits per heavy atom. The second kappa shape index (κ2) is 11.0. The van der Waals surface area contributed by atoms with Gasteiger partial charge < -0.3 is 24.8 Å².